The Morgan fingerprint density at radius 2 is 1.57 bits per heavy atom. The maximum absolute atomic E-state index is 12.8. The second kappa shape index (κ2) is 8.15. The van der Waals surface area contributed by atoms with Crippen LogP contribution in [0.15, 0.2) is 28.7 Å². The van der Waals surface area contributed by atoms with E-state index in [-0.39, 0.29) is 34.9 Å². The molecule has 1 aromatic carbocycles. The van der Waals surface area contributed by atoms with E-state index in [0.717, 1.165) is 30.2 Å². The van der Waals surface area contributed by atoms with E-state index >= 15 is 0 Å². The normalized spacial score (nSPS) is 22.7. The maximum atomic E-state index is 12.8. The third-order valence-corrected chi connectivity index (χ3v) is 6.31. The number of hydrogen-bond donors (Lipinski definition) is 2. The van der Waals surface area contributed by atoms with Crippen LogP contribution in [0, 0.1) is 5.92 Å². The summed E-state index contributed by atoms with van der Waals surface area (Å²) in [5.74, 6) is 0.192. The van der Waals surface area contributed by atoms with Crippen molar-refractivity contribution in [3.8, 4) is 0 Å². The van der Waals surface area contributed by atoms with Gasteiger partial charge in [0.05, 0.1) is 0 Å². The van der Waals surface area contributed by atoms with Gasteiger partial charge in [-0.2, -0.15) is 0 Å². The van der Waals surface area contributed by atoms with E-state index in [9.17, 15) is 9.59 Å². The summed E-state index contributed by atoms with van der Waals surface area (Å²) in [6.45, 7) is 10.0. The quantitative estimate of drug-likeness (QED) is 0.738. The van der Waals surface area contributed by atoms with Gasteiger partial charge >= 0.3 is 0 Å². The van der Waals surface area contributed by atoms with E-state index in [1.807, 2.05) is 29.2 Å². The van der Waals surface area contributed by atoms with Crippen molar-refractivity contribution in [1.82, 2.24) is 15.5 Å². The van der Waals surface area contributed by atoms with Gasteiger partial charge < -0.3 is 15.5 Å². The van der Waals surface area contributed by atoms with E-state index in [1.54, 1.807) is 0 Å². The zero-order chi connectivity index (χ0) is 20.5. The number of piperidine rings is 2. The summed E-state index contributed by atoms with van der Waals surface area (Å²) in [7, 11) is 0. The molecule has 1 aromatic rings. The molecule has 2 aliphatic heterocycles. The first kappa shape index (κ1) is 21.3. The number of carbonyl (C=O) groups excluding carboxylic acids is 2. The van der Waals surface area contributed by atoms with Crippen LogP contribution in [0.25, 0.3) is 0 Å². The van der Waals surface area contributed by atoms with Crippen LogP contribution >= 0.6 is 15.9 Å². The molecule has 5 nitrogen and oxygen atoms in total. The topological polar surface area (TPSA) is 61.4 Å². The summed E-state index contributed by atoms with van der Waals surface area (Å²) in [5.41, 5.74) is 0.727. The molecule has 2 heterocycles. The maximum Gasteiger partial charge on any atom is 0.253 e. The van der Waals surface area contributed by atoms with Crippen molar-refractivity contribution in [2.75, 3.05) is 13.1 Å². The lowest BCUT2D eigenvalue weighted by molar-refractivity contribution is -0.127. The molecule has 0 spiro atoms. The van der Waals surface area contributed by atoms with Crippen molar-refractivity contribution in [3.05, 3.63) is 34.3 Å². The average Bonchev–Trinajstić information content (AvgIpc) is 2.59. The van der Waals surface area contributed by atoms with Crippen LogP contribution in [-0.4, -0.2) is 46.9 Å². The van der Waals surface area contributed by atoms with Crippen molar-refractivity contribution < 1.29 is 9.59 Å². The number of nitrogens with one attached hydrogen (secondary N) is 2. The fourth-order valence-corrected chi connectivity index (χ4v) is 5.13. The Bertz CT molecular complexity index is 706. The number of benzene rings is 1. The molecule has 3 rings (SSSR count). The van der Waals surface area contributed by atoms with Gasteiger partial charge in [-0.3, -0.25) is 9.59 Å². The van der Waals surface area contributed by atoms with E-state index in [1.165, 1.54) is 0 Å². The van der Waals surface area contributed by atoms with E-state index in [0.29, 0.717) is 18.7 Å². The molecule has 0 unspecified atom stereocenters. The molecule has 2 amide bonds. The predicted molar refractivity (Wildman–Crippen MR) is 115 cm³/mol. The number of likely N-dealkylation sites (tertiary alicyclic amines) is 1. The minimum Gasteiger partial charge on any atom is -0.353 e. The molecule has 2 aliphatic rings. The van der Waals surface area contributed by atoms with Crippen LogP contribution in [0.5, 0.6) is 0 Å². The lowest BCUT2D eigenvalue weighted by atomic mass is 9.79. The van der Waals surface area contributed by atoms with E-state index < -0.39 is 0 Å². The van der Waals surface area contributed by atoms with Gasteiger partial charge in [-0.05, 0) is 77.6 Å². The summed E-state index contributed by atoms with van der Waals surface area (Å²) in [4.78, 5) is 27.3. The Morgan fingerprint density at radius 3 is 2.11 bits per heavy atom. The second-order valence-corrected chi connectivity index (χ2v) is 10.5. The van der Waals surface area contributed by atoms with Gasteiger partial charge in [0, 0.05) is 46.2 Å². The first-order valence-electron chi connectivity index (χ1n) is 10.2. The van der Waals surface area contributed by atoms with Gasteiger partial charge in [0.25, 0.3) is 5.91 Å². The average molecular weight is 450 g/mol. The third-order valence-electron chi connectivity index (χ3n) is 5.78. The highest BCUT2D eigenvalue weighted by atomic mass is 79.9. The lowest BCUT2D eigenvalue weighted by Gasteiger charge is -2.47. The van der Waals surface area contributed by atoms with E-state index in [2.05, 4.69) is 54.3 Å². The molecule has 0 aromatic heterocycles. The molecular formula is C22H32BrN3O2. The zero-order valence-electron chi connectivity index (χ0n) is 17.3. The number of rotatable bonds is 3. The van der Waals surface area contributed by atoms with Crippen LogP contribution in [0.2, 0.25) is 0 Å². The second-order valence-electron chi connectivity index (χ2n) is 9.58. The van der Waals surface area contributed by atoms with Crippen molar-refractivity contribution in [1.29, 1.82) is 0 Å². The first-order valence-corrected chi connectivity index (χ1v) is 11.0. The van der Waals surface area contributed by atoms with Crippen molar-refractivity contribution in [2.45, 2.75) is 70.5 Å². The predicted octanol–water partition coefficient (Wildman–Crippen LogP) is 3.73. The molecule has 154 valence electrons. The summed E-state index contributed by atoms with van der Waals surface area (Å²) in [6, 6.07) is 7.64. The molecular weight excluding hydrogens is 418 g/mol. The molecule has 0 atom stereocenters. The van der Waals surface area contributed by atoms with Crippen molar-refractivity contribution >= 4 is 27.7 Å². The first-order chi connectivity index (χ1) is 13.0. The Hall–Kier alpha value is -1.40. The van der Waals surface area contributed by atoms with Gasteiger partial charge in [0.1, 0.15) is 0 Å². The summed E-state index contributed by atoms with van der Waals surface area (Å²) in [6.07, 6.45) is 3.32. The zero-order valence-corrected chi connectivity index (χ0v) is 18.9. The fourth-order valence-electron chi connectivity index (χ4n) is 4.86. The van der Waals surface area contributed by atoms with Crippen molar-refractivity contribution in [3.63, 3.8) is 0 Å². The molecule has 6 heteroatoms. The van der Waals surface area contributed by atoms with Gasteiger partial charge in [-0.25, -0.2) is 0 Å². The smallest absolute Gasteiger partial charge is 0.253 e. The Kier molecular flexibility index (Phi) is 6.20. The summed E-state index contributed by atoms with van der Waals surface area (Å²) < 4.78 is 0.962. The molecule has 2 N–H and O–H groups in total. The standard InChI is InChI=1S/C22H32BrN3O2/c1-21(2)13-18(14-22(3,4)25-21)24-19(27)15-9-11-26(12-10-15)20(28)16-5-7-17(23)8-6-16/h5-8,15,18,25H,9-14H2,1-4H3,(H,24,27). The minimum absolute atomic E-state index is 0.00456. The SMILES string of the molecule is CC1(C)CC(NC(=O)C2CCN(C(=O)c3ccc(Br)cc3)CC2)CC(C)(C)N1. The minimum atomic E-state index is -0.00456. The van der Waals surface area contributed by atoms with Gasteiger partial charge in [0.2, 0.25) is 5.91 Å². The van der Waals surface area contributed by atoms with Gasteiger partial charge in [-0.1, -0.05) is 15.9 Å². The number of amides is 2. The Morgan fingerprint density at radius 1 is 1.04 bits per heavy atom. The molecule has 0 radical (unpaired) electrons. The summed E-state index contributed by atoms with van der Waals surface area (Å²) in [5, 5.41) is 6.95. The largest absolute Gasteiger partial charge is 0.353 e. The monoisotopic (exact) mass is 449 g/mol. The van der Waals surface area contributed by atoms with Crippen molar-refractivity contribution in [2.24, 2.45) is 5.92 Å². The number of hydrogen-bond acceptors (Lipinski definition) is 3. The molecule has 0 saturated carbocycles. The molecule has 2 fully saturated rings. The van der Waals surface area contributed by atoms with Crippen LogP contribution in [0.1, 0.15) is 63.7 Å². The third kappa shape index (κ3) is 5.35. The Balaban J connectivity index is 1.52. The summed E-state index contributed by atoms with van der Waals surface area (Å²) >= 11 is 3.40. The fraction of sp³-hybridized carbons (Fsp3) is 0.636. The lowest BCUT2D eigenvalue weighted by Crippen LogP contribution is -2.62. The molecule has 28 heavy (non-hydrogen) atoms. The van der Waals surface area contributed by atoms with Crippen LogP contribution in [0.4, 0.5) is 0 Å². The highest BCUT2D eigenvalue weighted by Crippen LogP contribution is 2.29. The highest BCUT2D eigenvalue weighted by molar-refractivity contribution is 9.10. The Labute approximate surface area is 176 Å². The molecule has 0 aliphatic carbocycles. The number of halogens is 1. The van der Waals surface area contributed by atoms with Crippen LogP contribution < -0.4 is 10.6 Å². The highest BCUT2D eigenvalue weighted by Gasteiger charge is 2.39. The van der Waals surface area contributed by atoms with Gasteiger partial charge in [-0.15, -0.1) is 0 Å². The number of carbonyl (C=O) groups is 2. The molecule has 2 saturated heterocycles. The van der Waals surface area contributed by atoms with E-state index in [4.69, 9.17) is 0 Å². The number of nitrogens with zero attached hydrogens (tertiary/aromatic N) is 1. The van der Waals surface area contributed by atoms with Crippen LogP contribution in [0.3, 0.4) is 0 Å². The van der Waals surface area contributed by atoms with Gasteiger partial charge in [0.15, 0.2) is 0 Å². The molecule has 0 bridgehead atoms. The van der Waals surface area contributed by atoms with Crippen LogP contribution in [-0.2, 0) is 4.79 Å².